The summed E-state index contributed by atoms with van der Waals surface area (Å²) in [6.45, 7) is 8.57. The van der Waals surface area contributed by atoms with Crippen molar-refractivity contribution in [3.8, 4) is 0 Å². The Morgan fingerprint density at radius 1 is 1.00 bits per heavy atom. The monoisotopic (exact) mass is 412 g/mol. The summed E-state index contributed by atoms with van der Waals surface area (Å²) in [6, 6.07) is 0. The molecule has 0 aliphatic heterocycles. The molecule has 0 aromatic carbocycles. The third-order valence-electron chi connectivity index (χ3n) is 5.66. The molecule has 0 radical (unpaired) electrons. The number of nitrogens with zero attached hydrogens (tertiary/aromatic N) is 4. The van der Waals surface area contributed by atoms with Crippen LogP contribution in [0.3, 0.4) is 0 Å². The molecule has 0 bridgehead atoms. The number of anilines is 1. The first-order chi connectivity index (χ1) is 14.3. The molecule has 0 amide bonds. The van der Waals surface area contributed by atoms with Crippen LogP contribution < -0.4 is 4.90 Å². The van der Waals surface area contributed by atoms with E-state index in [-0.39, 0.29) is 0 Å². The summed E-state index contributed by atoms with van der Waals surface area (Å²) in [6.07, 6.45) is 5.76. The van der Waals surface area contributed by atoms with E-state index in [0.29, 0.717) is 36.1 Å². The van der Waals surface area contributed by atoms with Crippen molar-refractivity contribution in [2.24, 2.45) is 5.92 Å². The van der Waals surface area contributed by atoms with Crippen molar-refractivity contribution in [1.29, 1.82) is 0 Å². The third kappa shape index (κ3) is 4.01. The maximum absolute atomic E-state index is 9.98. The highest BCUT2D eigenvalue weighted by Crippen LogP contribution is 2.38. The molecule has 2 atom stereocenters. The van der Waals surface area contributed by atoms with Crippen molar-refractivity contribution in [3.05, 3.63) is 23.1 Å². The Bertz CT molecular complexity index is 1030. The maximum Gasteiger partial charge on any atom is 0.229 e. The fraction of sp³-hybridized carbons (Fsp3) is 0.609. The zero-order chi connectivity index (χ0) is 21.4. The molecule has 0 spiro atoms. The molecule has 30 heavy (non-hydrogen) atoms. The highest BCUT2D eigenvalue weighted by Gasteiger charge is 2.26. The Hall–Kier alpha value is -2.25. The van der Waals surface area contributed by atoms with Gasteiger partial charge in [0.25, 0.3) is 0 Å². The average molecular weight is 413 g/mol. The van der Waals surface area contributed by atoms with Gasteiger partial charge in [0.05, 0.1) is 17.6 Å². The average Bonchev–Trinajstić information content (AvgIpc) is 3.05. The van der Waals surface area contributed by atoms with E-state index in [1.54, 1.807) is 20.2 Å². The SMILES string of the molecule is CC(C)Cc1nc2oc3c(N(CC(C)O)CC(C)O)ncnc3c2c2c1CCCC2. The van der Waals surface area contributed by atoms with E-state index in [4.69, 9.17) is 9.40 Å². The molecular formula is C23H32N4O3. The van der Waals surface area contributed by atoms with Gasteiger partial charge in [-0.2, -0.15) is 0 Å². The van der Waals surface area contributed by atoms with Crippen molar-refractivity contribution in [2.75, 3.05) is 18.0 Å². The lowest BCUT2D eigenvalue weighted by molar-refractivity contribution is 0.178. The van der Waals surface area contributed by atoms with Crippen LogP contribution in [-0.2, 0) is 19.3 Å². The predicted molar refractivity (Wildman–Crippen MR) is 118 cm³/mol. The van der Waals surface area contributed by atoms with Gasteiger partial charge < -0.3 is 19.5 Å². The van der Waals surface area contributed by atoms with Crippen molar-refractivity contribution < 1.29 is 14.6 Å². The summed E-state index contributed by atoms with van der Waals surface area (Å²) in [5.74, 6) is 1.11. The van der Waals surface area contributed by atoms with Crippen LogP contribution >= 0.6 is 0 Å². The first kappa shape index (κ1) is 21.0. The second kappa shape index (κ2) is 8.47. The maximum atomic E-state index is 9.98. The number of pyridine rings is 1. The number of furan rings is 1. The van der Waals surface area contributed by atoms with Crippen molar-refractivity contribution in [1.82, 2.24) is 15.0 Å². The Morgan fingerprint density at radius 3 is 2.30 bits per heavy atom. The fourth-order valence-electron chi connectivity index (χ4n) is 4.59. The molecule has 3 aromatic heterocycles. The highest BCUT2D eigenvalue weighted by atomic mass is 16.3. The van der Waals surface area contributed by atoms with Crippen LogP contribution in [0.15, 0.2) is 10.7 Å². The summed E-state index contributed by atoms with van der Waals surface area (Å²) < 4.78 is 6.27. The van der Waals surface area contributed by atoms with Crippen LogP contribution in [0.1, 0.15) is 57.4 Å². The van der Waals surface area contributed by atoms with E-state index in [2.05, 4.69) is 23.8 Å². The van der Waals surface area contributed by atoms with E-state index >= 15 is 0 Å². The summed E-state index contributed by atoms with van der Waals surface area (Å²) in [7, 11) is 0. The molecule has 4 rings (SSSR count). The standard InChI is InChI=1S/C23H32N4O3/c1-13(2)9-18-16-7-5-6-8-17(16)19-20-21(30-23(19)26-18)22(25-12-24-20)27(10-14(3)28)11-15(4)29/h12-15,28-29H,5-11H2,1-4H3. The Kier molecular flexibility index (Phi) is 5.93. The highest BCUT2D eigenvalue weighted by molar-refractivity contribution is 6.06. The van der Waals surface area contributed by atoms with Gasteiger partial charge in [0.2, 0.25) is 5.71 Å². The molecule has 7 heteroatoms. The van der Waals surface area contributed by atoms with Gasteiger partial charge in [-0.3, -0.25) is 0 Å². The second-order valence-corrected chi connectivity index (χ2v) is 9.08. The summed E-state index contributed by atoms with van der Waals surface area (Å²) in [5, 5.41) is 21.0. The molecule has 2 N–H and O–H groups in total. The van der Waals surface area contributed by atoms with Gasteiger partial charge in [0, 0.05) is 18.8 Å². The summed E-state index contributed by atoms with van der Waals surface area (Å²) in [5.41, 5.74) is 5.81. The minimum atomic E-state index is -0.568. The third-order valence-corrected chi connectivity index (χ3v) is 5.66. The van der Waals surface area contributed by atoms with Gasteiger partial charge in [-0.25, -0.2) is 15.0 Å². The number of fused-ring (bicyclic) bond motifs is 5. The zero-order valence-corrected chi connectivity index (χ0v) is 18.4. The van der Waals surface area contributed by atoms with E-state index < -0.39 is 12.2 Å². The predicted octanol–water partition coefficient (Wildman–Crippen LogP) is 3.42. The quantitative estimate of drug-likeness (QED) is 0.614. The number of hydrogen-bond acceptors (Lipinski definition) is 7. The van der Waals surface area contributed by atoms with Gasteiger partial charge in [-0.15, -0.1) is 0 Å². The van der Waals surface area contributed by atoms with Gasteiger partial charge >= 0.3 is 0 Å². The largest absolute Gasteiger partial charge is 0.432 e. The molecule has 0 saturated carbocycles. The smallest absolute Gasteiger partial charge is 0.229 e. The minimum Gasteiger partial charge on any atom is -0.432 e. The van der Waals surface area contributed by atoms with Crippen LogP contribution in [0.4, 0.5) is 5.82 Å². The van der Waals surface area contributed by atoms with Gasteiger partial charge in [-0.05, 0) is 63.0 Å². The lowest BCUT2D eigenvalue weighted by Crippen LogP contribution is -2.37. The Labute approximate surface area is 177 Å². The molecule has 7 nitrogen and oxygen atoms in total. The van der Waals surface area contributed by atoms with Crippen LogP contribution in [0.5, 0.6) is 0 Å². The Balaban J connectivity index is 1.93. The van der Waals surface area contributed by atoms with Gasteiger partial charge in [0.15, 0.2) is 11.4 Å². The second-order valence-electron chi connectivity index (χ2n) is 9.08. The Morgan fingerprint density at radius 2 is 1.67 bits per heavy atom. The van der Waals surface area contributed by atoms with E-state index in [1.807, 2.05) is 4.90 Å². The summed E-state index contributed by atoms with van der Waals surface area (Å²) >= 11 is 0. The molecule has 0 fully saturated rings. The minimum absolute atomic E-state index is 0.345. The van der Waals surface area contributed by atoms with Crippen LogP contribution in [0, 0.1) is 5.92 Å². The molecule has 1 aliphatic carbocycles. The number of hydrogen-bond donors (Lipinski definition) is 2. The van der Waals surface area contributed by atoms with E-state index in [9.17, 15) is 10.2 Å². The van der Waals surface area contributed by atoms with Crippen LogP contribution in [0.2, 0.25) is 0 Å². The number of aromatic nitrogens is 3. The molecule has 162 valence electrons. The van der Waals surface area contributed by atoms with Gasteiger partial charge in [0.1, 0.15) is 11.8 Å². The molecule has 0 saturated heterocycles. The number of aryl methyl sites for hydroxylation is 1. The lowest BCUT2D eigenvalue weighted by atomic mass is 9.87. The van der Waals surface area contributed by atoms with E-state index in [1.165, 1.54) is 17.5 Å². The number of aliphatic hydroxyl groups is 2. The van der Waals surface area contributed by atoms with Crippen LogP contribution in [0.25, 0.3) is 22.2 Å². The fourth-order valence-corrected chi connectivity index (χ4v) is 4.59. The first-order valence-corrected chi connectivity index (χ1v) is 11.0. The van der Waals surface area contributed by atoms with Crippen molar-refractivity contribution in [2.45, 2.75) is 72.0 Å². The molecule has 2 unspecified atom stereocenters. The molecule has 3 aromatic rings. The zero-order valence-electron chi connectivity index (χ0n) is 18.4. The number of rotatable bonds is 7. The molecule has 1 aliphatic rings. The first-order valence-electron chi connectivity index (χ1n) is 11.0. The molecule has 3 heterocycles. The van der Waals surface area contributed by atoms with Crippen LogP contribution in [-0.4, -0.2) is 50.5 Å². The normalized spacial score (nSPS) is 16.2. The number of aliphatic hydroxyl groups excluding tert-OH is 2. The summed E-state index contributed by atoms with van der Waals surface area (Å²) in [4.78, 5) is 15.8. The lowest BCUT2D eigenvalue weighted by Gasteiger charge is -2.26. The molecular weight excluding hydrogens is 380 g/mol. The van der Waals surface area contributed by atoms with Crippen molar-refractivity contribution >= 4 is 28.0 Å². The topological polar surface area (TPSA) is 95.5 Å². The van der Waals surface area contributed by atoms with Crippen molar-refractivity contribution in [3.63, 3.8) is 0 Å². The van der Waals surface area contributed by atoms with E-state index in [0.717, 1.165) is 42.3 Å². The van der Waals surface area contributed by atoms with Gasteiger partial charge in [-0.1, -0.05) is 13.8 Å².